The van der Waals surface area contributed by atoms with Crippen LogP contribution in [0.1, 0.15) is 43.9 Å². The lowest BCUT2D eigenvalue weighted by Crippen LogP contribution is -2.10. The summed E-state index contributed by atoms with van der Waals surface area (Å²) in [6.45, 7) is 5.96. The van der Waals surface area contributed by atoms with Crippen LogP contribution >= 0.6 is 0 Å². The number of hydrogen-bond acceptors (Lipinski definition) is 1. The van der Waals surface area contributed by atoms with E-state index in [4.69, 9.17) is 0 Å². The van der Waals surface area contributed by atoms with Crippen molar-refractivity contribution in [3.8, 4) is 0 Å². The van der Waals surface area contributed by atoms with E-state index < -0.39 is 6.10 Å². The maximum atomic E-state index is 12.9. The summed E-state index contributed by atoms with van der Waals surface area (Å²) in [6, 6.07) is 4.56. The van der Waals surface area contributed by atoms with Gasteiger partial charge in [-0.15, -0.1) is 0 Å². The summed E-state index contributed by atoms with van der Waals surface area (Å²) >= 11 is 0. The quantitative estimate of drug-likeness (QED) is 0.805. The molecule has 0 heterocycles. The molecule has 1 rings (SSSR count). The first kappa shape index (κ1) is 12.2. The van der Waals surface area contributed by atoms with Gasteiger partial charge in [0.25, 0.3) is 0 Å². The van der Waals surface area contributed by atoms with Gasteiger partial charge in [-0.1, -0.05) is 26.3 Å². The van der Waals surface area contributed by atoms with Gasteiger partial charge in [0.15, 0.2) is 0 Å². The number of halogens is 1. The second kappa shape index (κ2) is 5.26. The highest BCUT2D eigenvalue weighted by molar-refractivity contribution is 5.28. The molecule has 0 aliphatic heterocycles. The van der Waals surface area contributed by atoms with Crippen LogP contribution in [0.15, 0.2) is 18.2 Å². The number of benzene rings is 1. The summed E-state index contributed by atoms with van der Waals surface area (Å²) < 4.78 is 12.9. The van der Waals surface area contributed by atoms with Crippen LogP contribution in [0, 0.1) is 18.7 Å². The van der Waals surface area contributed by atoms with Gasteiger partial charge < -0.3 is 5.11 Å². The second-order valence-electron chi connectivity index (χ2n) is 4.21. The molecule has 1 N–H and O–H groups in total. The molecule has 0 aliphatic rings. The standard InChI is InChI=1S/C13H19FO/c1-4-5-9(2)13(15)12-7-6-11(14)8-10(12)3/h6-9,13,15H,4-5H2,1-3H3. The van der Waals surface area contributed by atoms with Gasteiger partial charge in [-0.25, -0.2) is 4.39 Å². The van der Waals surface area contributed by atoms with E-state index in [1.165, 1.54) is 12.1 Å². The molecule has 0 saturated heterocycles. The topological polar surface area (TPSA) is 20.2 Å². The maximum Gasteiger partial charge on any atom is 0.123 e. The maximum absolute atomic E-state index is 12.9. The summed E-state index contributed by atoms with van der Waals surface area (Å²) in [5.41, 5.74) is 1.67. The monoisotopic (exact) mass is 210 g/mol. The van der Waals surface area contributed by atoms with E-state index in [1.807, 2.05) is 13.8 Å². The molecule has 1 aromatic rings. The van der Waals surface area contributed by atoms with E-state index >= 15 is 0 Å². The molecule has 0 fully saturated rings. The van der Waals surface area contributed by atoms with Crippen LogP contribution in [-0.2, 0) is 0 Å². The number of rotatable bonds is 4. The van der Waals surface area contributed by atoms with Gasteiger partial charge in [0, 0.05) is 0 Å². The first-order valence-electron chi connectivity index (χ1n) is 5.50. The first-order chi connectivity index (χ1) is 7.06. The van der Waals surface area contributed by atoms with Gasteiger partial charge in [-0.05, 0) is 42.5 Å². The van der Waals surface area contributed by atoms with Crippen molar-refractivity contribution in [2.75, 3.05) is 0 Å². The van der Waals surface area contributed by atoms with Crippen LogP contribution in [0.4, 0.5) is 4.39 Å². The third kappa shape index (κ3) is 3.03. The fourth-order valence-corrected chi connectivity index (χ4v) is 1.89. The zero-order chi connectivity index (χ0) is 11.4. The highest BCUT2D eigenvalue weighted by Crippen LogP contribution is 2.27. The largest absolute Gasteiger partial charge is 0.388 e. The molecule has 1 aromatic carbocycles. The van der Waals surface area contributed by atoms with E-state index in [-0.39, 0.29) is 11.7 Å². The molecule has 0 aromatic heterocycles. The van der Waals surface area contributed by atoms with E-state index in [0.29, 0.717) is 0 Å². The minimum Gasteiger partial charge on any atom is -0.388 e. The molecule has 0 radical (unpaired) electrons. The molecule has 0 spiro atoms. The van der Waals surface area contributed by atoms with Crippen molar-refractivity contribution in [3.63, 3.8) is 0 Å². The van der Waals surface area contributed by atoms with E-state index in [1.54, 1.807) is 6.07 Å². The summed E-state index contributed by atoms with van der Waals surface area (Å²) in [4.78, 5) is 0. The molecule has 2 atom stereocenters. The molecule has 2 heteroatoms. The zero-order valence-electron chi connectivity index (χ0n) is 9.63. The molecule has 0 saturated carbocycles. The van der Waals surface area contributed by atoms with Gasteiger partial charge in [0.05, 0.1) is 6.10 Å². The summed E-state index contributed by atoms with van der Waals surface area (Å²) in [7, 11) is 0. The van der Waals surface area contributed by atoms with Crippen LogP contribution in [0.25, 0.3) is 0 Å². The van der Waals surface area contributed by atoms with Crippen LogP contribution < -0.4 is 0 Å². The van der Waals surface area contributed by atoms with Crippen LogP contribution in [0.2, 0.25) is 0 Å². The summed E-state index contributed by atoms with van der Waals surface area (Å²) in [6.07, 6.45) is 1.56. The number of aliphatic hydroxyl groups excluding tert-OH is 1. The Morgan fingerprint density at radius 1 is 1.40 bits per heavy atom. The third-order valence-electron chi connectivity index (χ3n) is 2.83. The predicted octanol–water partition coefficient (Wildman–Crippen LogP) is 3.60. The van der Waals surface area contributed by atoms with Crippen molar-refractivity contribution >= 4 is 0 Å². The minimum absolute atomic E-state index is 0.221. The van der Waals surface area contributed by atoms with Gasteiger partial charge in [-0.2, -0.15) is 0 Å². The van der Waals surface area contributed by atoms with Crippen molar-refractivity contribution in [2.24, 2.45) is 5.92 Å². The smallest absolute Gasteiger partial charge is 0.123 e. The lowest BCUT2D eigenvalue weighted by Gasteiger charge is -2.20. The van der Waals surface area contributed by atoms with Gasteiger partial charge >= 0.3 is 0 Å². The number of hydrogen-bond donors (Lipinski definition) is 1. The van der Waals surface area contributed by atoms with Crippen molar-refractivity contribution in [3.05, 3.63) is 35.1 Å². The Labute approximate surface area is 90.9 Å². The van der Waals surface area contributed by atoms with Crippen LogP contribution in [0.3, 0.4) is 0 Å². The molecule has 0 amide bonds. The SMILES string of the molecule is CCCC(C)C(O)c1ccc(F)cc1C. The molecule has 2 unspecified atom stereocenters. The summed E-state index contributed by atoms with van der Waals surface area (Å²) in [5, 5.41) is 10.1. The number of aliphatic hydroxyl groups is 1. The fourth-order valence-electron chi connectivity index (χ4n) is 1.89. The van der Waals surface area contributed by atoms with Crippen molar-refractivity contribution in [1.29, 1.82) is 0 Å². The summed E-state index contributed by atoms with van der Waals surface area (Å²) in [5.74, 6) is -0.0224. The highest BCUT2D eigenvalue weighted by Gasteiger charge is 2.17. The minimum atomic E-state index is -0.481. The molecule has 0 aliphatic carbocycles. The fraction of sp³-hybridized carbons (Fsp3) is 0.538. The van der Waals surface area contributed by atoms with Crippen LogP contribution in [0.5, 0.6) is 0 Å². The Kier molecular flexibility index (Phi) is 4.28. The van der Waals surface area contributed by atoms with Gasteiger partial charge in [0.2, 0.25) is 0 Å². The van der Waals surface area contributed by atoms with E-state index in [9.17, 15) is 9.50 Å². The zero-order valence-corrected chi connectivity index (χ0v) is 9.63. The Morgan fingerprint density at radius 3 is 2.60 bits per heavy atom. The molecule has 1 nitrogen and oxygen atoms in total. The Morgan fingerprint density at radius 2 is 2.07 bits per heavy atom. The van der Waals surface area contributed by atoms with E-state index in [2.05, 4.69) is 6.92 Å². The molecule has 84 valence electrons. The molecular weight excluding hydrogens is 191 g/mol. The van der Waals surface area contributed by atoms with E-state index in [0.717, 1.165) is 24.0 Å². The third-order valence-corrected chi connectivity index (χ3v) is 2.83. The van der Waals surface area contributed by atoms with Crippen molar-refractivity contribution in [1.82, 2.24) is 0 Å². The van der Waals surface area contributed by atoms with Crippen molar-refractivity contribution in [2.45, 2.75) is 39.7 Å². The Balaban J connectivity index is 2.86. The normalized spacial score (nSPS) is 15.0. The molecular formula is C13H19FO. The molecule has 15 heavy (non-hydrogen) atoms. The second-order valence-corrected chi connectivity index (χ2v) is 4.21. The molecule has 0 bridgehead atoms. The Bertz CT molecular complexity index is 322. The number of aryl methyl sites for hydroxylation is 1. The van der Waals surface area contributed by atoms with Crippen LogP contribution in [-0.4, -0.2) is 5.11 Å². The lowest BCUT2D eigenvalue weighted by atomic mass is 9.91. The average Bonchev–Trinajstić information content (AvgIpc) is 2.17. The first-order valence-corrected chi connectivity index (χ1v) is 5.50. The average molecular weight is 210 g/mol. The Hall–Kier alpha value is -0.890. The van der Waals surface area contributed by atoms with Gasteiger partial charge in [-0.3, -0.25) is 0 Å². The van der Waals surface area contributed by atoms with Crippen molar-refractivity contribution < 1.29 is 9.50 Å². The van der Waals surface area contributed by atoms with Gasteiger partial charge in [0.1, 0.15) is 5.82 Å². The lowest BCUT2D eigenvalue weighted by molar-refractivity contribution is 0.111. The highest BCUT2D eigenvalue weighted by atomic mass is 19.1. The predicted molar refractivity (Wildman–Crippen MR) is 60.2 cm³/mol.